The van der Waals surface area contributed by atoms with Crippen LogP contribution in [0.25, 0.3) is 0 Å². The lowest BCUT2D eigenvalue weighted by Gasteiger charge is -2.20. The molecule has 1 amide bonds. The minimum absolute atomic E-state index is 0.0326. The number of carbonyl (C=O) groups is 2. The molecule has 1 rings (SSSR count). The molecule has 0 saturated heterocycles. The van der Waals surface area contributed by atoms with E-state index in [2.05, 4.69) is 19.2 Å². The SMILES string of the molecule is Cc1ccc(C(C)C)c(OC(C)C(=O)NCC(C)CC(=O)O)c1. The van der Waals surface area contributed by atoms with Gasteiger partial charge in [0.1, 0.15) is 5.75 Å². The van der Waals surface area contributed by atoms with Gasteiger partial charge in [-0.2, -0.15) is 0 Å². The maximum absolute atomic E-state index is 12.1. The van der Waals surface area contributed by atoms with Crippen molar-refractivity contribution in [3.05, 3.63) is 29.3 Å². The van der Waals surface area contributed by atoms with Crippen LogP contribution in [0.4, 0.5) is 0 Å². The molecule has 2 N–H and O–H groups in total. The molecule has 0 heterocycles. The molecule has 0 bridgehead atoms. The standard InChI is InChI=1S/C18H27NO4/c1-11(2)15-7-6-12(3)8-16(15)23-14(5)18(22)19-10-13(4)9-17(20)21/h6-8,11,13-14H,9-10H2,1-5H3,(H,19,22)(H,20,21). The number of amides is 1. The summed E-state index contributed by atoms with van der Waals surface area (Å²) in [6.07, 6.45) is -0.600. The van der Waals surface area contributed by atoms with Gasteiger partial charge in [-0.1, -0.05) is 32.9 Å². The van der Waals surface area contributed by atoms with Crippen molar-refractivity contribution in [3.63, 3.8) is 0 Å². The highest BCUT2D eigenvalue weighted by Gasteiger charge is 2.18. The van der Waals surface area contributed by atoms with Gasteiger partial charge in [-0.15, -0.1) is 0 Å². The smallest absolute Gasteiger partial charge is 0.303 e. The number of nitrogens with one attached hydrogen (secondary N) is 1. The predicted octanol–water partition coefficient (Wildman–Crippen LogP) is 3.11. The third kappa shape index (κ3) is 6.30. The van der Waals surface area contributed by atoms with Gasteiger partial charge >= 0.3 is 5.97 Å². The third-order valence-corrected chi connectivity index (χ3v) is 3.61. The number of hydrogen-bond acceptors (Lipinski definition) is 3. The van der Waals surface area contributed by atoms with Gasteiger partial charge in [-0.3, -0.25) is 9.59 Å². The topological polar surface area (TPSA) is 75.6 Å². The van der Waals surface area contributed by atoms with E-state index in [1.54, 1.807) is 13.8 Å². The zero-order valence-electron chi connectivity index (χ0n) is 14.6. The van der Waals surface area contributed by atoms with Crippen molar-refractivity contribution >= 4 is 11.9 Å². The predicted molar refractivity (Wildman–Crippen MR) is 89.8 cm³/mol. The molecule has 5 heteroatoms. The highest BCUT2D eigenvalue weighted by atomic mass is 16.5. The molecule has 128 valence electrons. The summed E-state index contributed by atoms with van der Waals surface area (Å²) in [5, 5.41) is 11.5. The van der Waals surface area contributed by atoms with E-state index in [0.29, 0.717) is 12.5 Å². The molecule has 0 aliphatic carbocycles. The van der Waals surface area contributed by atoms with Crippen LogP contribution in [-0.2, 0) is 9.59 Å². The fraction of sp³-hybridized carbons (Fsp3) is 0.556. The summed E-state index contributed by atoms with van der Waals surface area (Å²) in [5.74, 6) is -0.192. The second-order valence-corrected chi connectivity index (χ2v) is 6.40. The Bertz CT molecular complexity index is 554. The first-order valence-corrected chi connectivity index (χ1v) is 7.97. The lowest BCUT2D eigenvalue weighted by Crippen LogP contribution is -2.39. The Morgan fingerprint density at radius 3 is 2.43 bits per heavy atom. The van der Waals surface area contributed by atoms with Crippen LogP contribution in [0.3, 0.4) is 0 Å². The zero-order chi connectivity index (χ0) is 17.6. The van der Waals surface area contributed by atoms with Gasteiger partial charge in [0.25, 0.3) is 5.91 Å². The molecular formula is C18H27NO4. The molecule has 0 aliphatic heterocycles. The number of aliphatic carboxylic acids is 1. The lowest BCUT2D eigenvalue weighted by atomic mass is 10.0. The van der Waals surface area contributed by atoms with E-state index < -0.39 is 12.1 Å². The number of benzene rings is 1. The lowest BCUT2D eigenvalue weighted by molar-refractivity contribution is -0.138. The van der Waals surface area contributed by atoms with Crippen LogP contribution in [0.5, 0.6) is 5.75 Å². The average Bonchev–Trinajstić information content (AvgIpc) is 2.43. The third-order valence-electron chi connectivity index (χ3n) is 3.61. The summed E-state index contributed by atoms with van der Waals surface area (Å²) < 4.78 is 5.83. The molecule has 23 heavy (non-hydrogen) atoms. The maximum Gasteiger partial charge on any atom is 0.303 e. The van der Waals surface area contributed by atoms with E-state index in [0.717, 1.165) is 16.9 Å². The number of carbonyl (C=O) groups excluding carboxylic acids is 1. The van der Waals surface area contributed by atoms with Gasteiger partial charge in [0.2, 0.25) is 0 Å². The Kier molecular flexibility index (Phi) is 7.07. The van der Waals surface area contributed by atoms with Gasteiger partial charge in [0, 0.05) is 13.0 Å². The van der Waals surface area contributed by atoms with E-state index in [9.17, 15) is 9.59 Å². The van der Waals surface area contributed by atoms with Gasteiger partial charge in [0.15, 0.2) is 6.10 Å². The van der Waals surface area contributed by atoms with Crippen LogP contribution >= 0.6 is 0 Å². The van der Waals surface area contributed by atoms with Crippen molar-refractivity contribution in [3.8, 4) is 5.75 Å². The fourth-order valence-corrected chi connectivity index (χ4v) is 2.25. The Morgan fingerprint density at radius 2 is 1.87 bits per heavy atom. The molecule has 5 nitrogen and oxygen atoms in total. The Labute approximate surface area is 138 Å². The van der Waals surface area contributed by atoms with Crippen LogP contribution in [0, 0.1) is 12.8 Å². The van der Waals surface area contributed by atoms with Crippen LogP contribution in [0.15, 0.2) is 18.2 Å². The molecule has 2 atom stereocenters. The molecule has 0 fully saturated rings. The summed E-state index contributed by atoms with van der Waals surface area (Å²) in [4.78, 5) is 22.7. The van der Waals surface area contributed by atoms with E-state index in [4.69, 9.17) is 9.84 Å². The number of aryl methyl sites for hydroxylation is 1. The summed E-state index contributed by atoms with van der Waals surface area (Å²) >= 11 is 0. The summed E-state index contributed by atoms with van der Waals surface area (Å²) in [6, 6.07) is 5.99. The second-order valence-electron chi connectivity index (χ2n) is 6.40. The fourth-order valence-electron chi connectivity index (χ4n) is 2.25. The van der Waals surface area contributed by atoms with Gasteiger partial charge in [-0.25, -0.2) is 0 Å². The largest absolute Gasteiger partial charge is 0.481 e. The quantitative estimate of drug-likeness (QED) is 0.771. The van der Waals surface area contributed by atoms with Gasteiger partial charge in [0.05, 0.1) is 0 Å². The van der Waals surface area contributed by atoms with Crippen LogP contribution in [0.1, 0.15) is 51.2 Å². The Morgan fingerprint density at radius 1 is 1.22 bits per heavy atom. The molecular weight excluding hydrogens is 294 g/mol. The number of carboxylic acids is 1. The summed E-state index contributed by atoms with van der Waals surface area (Å²) in [7, 11) is 0. The highest BCUT2D eigenvalue weighted by Crippen LogP contribution is 2.28. The van der Waals surface area contributed by atoms with E-state index in [-0.39, 0.29) is 18.2 Å². The van der Waals surface area contributed by atoms with Gasteiger partial charge < -0.3 is 15.2 Å². The molecule has 0 aromatic heterocycles. The number of carboxylic acid groups (broad SMARTS) is 1. The monoisotopic (exact) mass is 321 g/mol. The van der Waals surface area contributed by atoms with Crippen LogP contribution < -0.4 is 10.1 Å². The normalized spacial score (nSPS) is 13.5. The van der Waals surface area contributed by atoms with Crippen molar-refractivity contribution < 1.29 is 19.4 Å². The zero-order valence-corrected chi connectivity index (χ0v) is 14.6. The number of rotatable bonds is 8. The Hall–Kier alpha value is -2.04. The first kappa shape index (κ1) is 19.0. The number of hydrogen-bond donors (Lipinski definition) is 2. The second kappa shape index (κ2) is 8.56. The molecule has 0 aliphatic rings. The molecule has 0 spiro atoms. The highest BCUT2D eigenvalue weighted by molar-refractivity contribution is 5.80. The number of ether oxygens (including phenoxy) is 1. The van der Waals surface area contributed by atoms with Crippen molar-refractivity contribution in [2.45, 2.75) is 53.1 Å². The molecule has 1 aromatic carbocycles. The molecule has 1 aromatic rings. The van der Waals surface area contributed by atoms with E-state index in [1.807, 2.05) is 25.1 Å². The molecule has 2 unspecified atom stereocenters. The maximum atomic E-state index is 12.1. The Balaban J connectivity index is 2.65. The van der Waals surface area contributed by atoms with Gasteiger partial charge in [-0.05, 0) is 42.9 Å². The van der Waals surface area contributed by atoms with Crippen molar-refractivity contribution in [2.75, 3.05) is 6.54 Å². The van der Waals surface area contributed by atoms with Crippen molar-refractivity contribution in [1.82, 2.24) is 5.32 Å². The minimum Gasteiger partial charge on any atom is -0.481 e. The van der Waals surface area contributed by atoms with Crippen molar-refractivity contribution in [2.24, 2.45) is 5.92 Å². The first-order valence-electron chi connectivity index (χ1n) is 7.97. The van der Waals surface area contributed by atoms with E-state index >= 15 is 0 Å². The first-order chi connectivity index (χ1) is 10.7. The van der Waals surface area contributed by atoms with Crippen LogP contribution in [0.2, 0.25) is 0 Å². The van der Waals surface area contributed by atoms with Crippen molar-refractivity contribution in [1.29, 1.82) is 0 Å². The summed E-state index contributed by atoms with van der Waals surface area (Å²) in [6.45, 7) is 9.95. The average molecular weight is 321 g/mol. The van der Waals surface area contributed by atoms with E-state index in [1.165, 1.54) is 0 Å². The molecule has 0 saturated carbocycles. The molecule has 0 radical (unpaired) electrons. The summed E-state index contributed by atoms with van der Waals surface area (Å²) in [5.41, 5.74) is 2.14. The van der Waals surface area contributed by atoms with Crippen LogP contribution in [-0.4, -0.2) is 29.6 Å². The minimum atomic E-state index is -0.864.